The molecule has 0 aliphatic carbocycles. The van der Waals surface area contributed by atoms with Gasteiger partial charge >= 0.3 is 0 Å². The third kappa shape index (κ3) is 2.77. The van der Waals surface area contributed by atoms with E-state index < -0.39 is 11.6 Å². The summed E-state index contributed by atoms with van der Waals surface area (Å²) in [6.07, 6.45) is 0. The summed E-state index contributed by atoms with van der Waals surface area (Å²) in [5, 5.41) is 0. The third-order valence-corrected chi connectivity index (χ3v) is 3.41. The van der Waals surface area contributed by atoms with Crippen LogP contribution in [0.1, 0.15) is 5.56 Å². The molecule has 0 aromatic heterocycles. The summed E-state index contributed by atoms with van der Waals surface area (Å²) in [6.45, 7) is 1.94. The highest BCUT2D eigenvalue weighted by Crippen LogP contribution is 2.34. The van der Waals surface area contributed by atoms with Crippen molar-refractivity contribution in [3.8, 4) is 0 Å². The minimum atomic E-state index is -0.580. The number of nitrogen functional groups attached to an aromatic ring is 1. The normalized spacial score (nSPS) is 10.5. The van der Waals surface area contributed by atoms with Crippen molar-refractivity contribution in [2.75, 3.05) is 5.73 Å². The smallest absolute Gasteiger partial charge is 0.140 e. The zero-order valence-electron chi connectivity index (χ0n) is 9.21. The molecule has 2 rings (SSSR count). The summed E-state index contributed by atoms with van der Waals surface area (Å²) in [5.74, 6) is -1.15. The van der Waals surface area contributed by atoms with Gasteiger partial charge in [0.15, 0.2) is 0 Å². The van der Waals surface area contributed by atoms with Crippen LogP contribution in [-0.2, 0) is 0 Å². The molecule has 0 amide bonds. The Balaban J connectivity index is 2.34. The van der Waals surface area contributed by atoms with Gasteiger partial charge in [0.1, 0.15) is 11.6 Å². The molecule has 0 radical (unpaired) electrons. The Kier molecular flexibility index (Phi) is 3.33. The molecule has 0 unspecified atom stereocenters. The van der Waals surface area contributed by atoms with E-state index in [1.165, 1.54) is 23.9 Å². The summed E-state index contributed by atoms with van der Waals surface area (Å²) in [7, 11) is 0. The van der Waals surface area contributed by atoms with Crippen molar-refractivity contribution in [2.24, 2.45) is 0 Å². The van der Waals surface area contributed by atoms with Gasteiger partial charge in [-0.2, -0.15) is 0 Å². The summed E-state index contributed by atoms with van der Waals surface area (Å²) in [4.78, 5) is 1.14. The quantitative estimate of drug-likeness (QED) is 0.816. The van der Waals surface area contributed by atoms with Gasteiger partial charge in [-0.15, -0.1) is 0 Å². The summed E-state index contributed by atoms with van der Waals surface area (Å²) < 4.78 is 26.2. The molecule has 0 aliphatic heterocycles. The van der Waals surface area contributed by atoms with Crippen molar-refractivity contribution in [2.45, 2.75) is 16.7 Å². The Morgan fingerprint density at radius 3 is 2.47 bits per heavy atom. The van der Waals surface area contributed by atoms with Crippen LogP contribution >= 0.6 is 11.8 Å². The average molecular weight is 251 g/mol. The fourth-order valence-corrected chi connectivity index (χ4v) is 2.37. The zero-order valence-corrected chi connectivity index (χ0v) is 10.0. The summed E-state index contributed by atoms with van der Waals surface area (Å²) in [6, 6.07) is 9.06. The molecule has 2 aromatic carbocycles. The number of rotatable bonds is 2. The molecule has 2 aromatic rings. The number of nitrogens with two attached hydrogens (primary N) is 1. The van der Waals surface area contributed by atoms with Gasteiger partial charge in [-0.1, -0.05) is 17.8 Å². The second kappa shape index (κ2) is 4.75. The summed E-state index contributed by atoms with van der Waals surface area (Å²) in [5.41, 5.74) is 7.43. The van der Waals surface area contributed by atoms with Crippen LogP contribution in [0.25, 0.3) is 0 Å². The SMILES string of the molecule is Cc1ccc(N)c(Sc2ccc(F)cc2F)c1. The van der Waals surface area contributed by atoms with Crippen LogP contribution in [0.3, 0.4) is 0 Å². The van der Waals surface area contributed by atoms with Crippen LogP contribution in [0.15, 0.2) is 46.2 Å². The van der Waals surface area contributed by atoms with Crippen LogP contribution < -0.4 is 5.73 Å². The van der Waals surface area contributed by atoms with E-state index in [1.54, 1.807) is 6.07 Å². The van der Waals surface area contributed by atoms with Crippen molar-refractivity contribution >= 4 is 17.4 Å². The van der Waals surface area contributed by atoms with E-state index in [4.69, 9.17) is 5.73 Å². The highest BCUT2D eigenvalue weighted by Gasteiger charge is 2.08. The minimum absolute atomic E-state index is 0.365. The van der Waals surface area contributed by atoms with E-state index in [2.05, 4.69) is 0 Å². The van der Waals surface area contributed by atoms with Crippen molar-refractivity contribution < 1.29 is 8.78 Å². The lowest BCUT2D eigenvalue weighted by Crippen LogP contribution is -1.90. The Hall–Kier alpha value is -1.55. The molecular formula is C13H11F2NS. The first kappa shape index (κ1) is 11.9. The maximum atomic E-state index is 13.5. The van der Waals surface area contributed by atoms with Gasteiger partial charge in [-0.05, 0) is 36.8 Å². The van der Waals surface area contributed by atoms with Crippen LogP contribution in [0.2, 0.25) is 0 Å². The van der Waals surface area contributed by atoms with Crippen LogP contribution in [0.5, 0.6) is 0 Å². The Morgan fingerprint density at radius 2 is 1.76 bits per heavy atom. The maximum absolute atomic E-state index is 13.5. The van der Waals surface area contributed by atoms with Crippen molar-refractivity contribution in [3.63, 3.8) is 0 Å². The van der Waals surface area contributed by atoms with E-state index in [0.717, 1.165) is 16.5 Å². The van der Waals surface area contributed by atoms with E-state index in [1.807, 2.05) is 19.1 Å². The molecular weight excluding hydrogens is 240 g/mol. The molecule has 0 saturated heterocycles. The van der Waals surface area contributed by atoms with Crippen LogP contribution in [0.4, 0.5) is 14.5 Å². The Bertz CT molecular complexity index is 555. The van der Waals surface area contributed by atoms with E-state index in [9.17, 15) is 8.78 Å². The van der Waals surface area contributed by atoms with E-state index in [0.29, 0.717) is 10.6 Å². The molecule has 1 nitrogen and oxygen atoms in total. The number of halogens is 2. The van der Waals surface area contributed by atoms with Gasteiger partial charge in [-0.25, -0.2) is 8.78 Å². The first-order chi connectivity index (χ1) is 8.06. The fourth-order valence-electron chi connectivity index (χ4n) is 1.41. The average Bonchev–Trinajstić information content (AvgIpc) is 2.27. The molecule has 0 bridgehead atoms. The molecule has 17 heavy (non-hydrogen) atoms. The number of benzene rings is 2. The van der Waals surface area contributed by atoms with Gasteiger partial charge in [0.05, 0.1) is 0 Å². The molecule has 2 N–H and O–H groups in total. The van der Waals surface area contributed by atoms with E-state index >= 15 is 0 Å². The molecule has 88 valence electrons. The topological polar surface area (TPSA) is 26.0 Å². The lowest BCUT2D eigenvalue weighted by Gasteiger charge is -2.07. The Labute approximate surface area is 103 Å². The van der Waals surface area contributed by atoms with Crippen molar-refractivity contribution in [3.05, 3.63) is 53.6 Å². The first-order valence-corrected chi connectivity index (χ1v) is 5.87. The van der Waals surface area contributed by atoms with Gasteiger partial charge in [0.2, 0.25) is 0 Å². The number of aryl methyl sites for hydroxylation is 1. The van der Waals surface area contributed by atoms with Gasteiger partial charge in [0.25, 0.3) is 0 Å². The van der Waals surface area contributed by atoms with Crippen molar-refractivity contribution in [1.82, 2.24) is 0 Å². The third-order valence-electron chi connectivity index (χ3n) is 2.28. The minimum Gasteiger partial charge on any atom is -0.398 e. The number of hydrogen-bond acceptors (Lipinski definition) is 2. The second-order valence-electron chi connectivity index (χ2n) is 3.72. The Morgan fingerprint density at radius 1 is 1.00 bits per heavy atom. The van der Waals surface area contributed by atoms with E-state index in [-0.39, 0.29) is 0 Å². The number of anilines is 1. The lowest BCUT2D eigenvalue weighted by molar-refractivity contribution is 0.566. The molecule has 4 heteroatoms. The second-order valence-corrected chi connectivity index (χ2v) is 4.80. The molecule has 0 fully saturated rings. The highest BCUT2D eigenvalue weighted by molar-refractivity contribution is 7.99. The fraction of sp³-hybridized carbons (Fsp3) is 0.0769. The largest absolute Gasteiger partial charge is 0.398 e. The van der Waals surface area contributed by atoms with Crippen LogP contribution in [0, 0.1) is 18.6 Å². The molecule has 0 saturated carbocycles. The monoisotopic (exact) mass is 251 g/mol. The molecule has 0 heterocycles. The van der Waals surface area contributed by atoms with Gasteiger partial charge < -0.3 is 5.73 Å². The summed E-state index contributed by atoms with van der Waals surface area (Å²) >= 11 is 1.20. The number of hydrogen-bond donors (Lipinski definition) is 1. The molecule has 0 spiro atoms. The lowest BCUT2D eigenvalue weighted by atomic mass is 10.2. The molecule has 0 atom stereocenters. The zero-order chi connectivity index (χ0) is 12.4. The van der Waals surface area contributed by atoms with Gasteiger partial charge in [-0.3, -0.25) is 0 Å². The molecule has 0 aliphatic rings. The standard InChI is InChI=1S/C13H11F2NS/c1-8-2-4-11(16)13(6-8)17-12-5-3-9(14)7-10(12)15/h2-7H,16H2,1H3. The maximum Gasteiger partial charge on any atom is 0.140 e. The predicted molar refractivity (Wildman–Crippen MR) is 66.1 cm³/mol. The highest BCUT2D eigenvalue weighted by atomic mass is 32.2. The van der Waals surface area contributed by atoms with Crippen LogP contribution in [-0.4, -0.2) is 0 Å². The van der Waals surface area contributed by atoms with Gasteiger partial charge in [0, 0.05) is 21.5 Å². The van der Waals surface area contributed by atoms with Crippen molar-refractivity contribution in [1.29, 1.82) is 0 Å². The predicted octanol–water partition coefficient (Wildman–Crippen LogP) is 4.01. The first-order valence-electron chi connectivity index (χ1n) is 5.05.